The lowest BCUT2D eigenvalue weighted by Gasteiger charge is -2.40. The van der Waals surface area contributed by atoms with Crippen molar-refractivity contribution >= 4 is 5.91 Å². The fourth-order valence-electron chi connectivity index (χ4n) is 7.91. The predicted molar refractivity (Wildman–Crippen MR) is 229 cm³/mol. The third kappa shape index (κ3) is 26.8. The Balaban J connectivity index is 2.31. The molecule has 8 N–H and O–H groups in total. The van der Waals surface area contributed by atoms with Gasteiger partial charge in [-0.15, -0.1) is 0 Å². The summed E-state index contributed by atoms with van der Waals surface area (Å²) in [5.74, 6) is -0.695. The molecule has 340 valence electrons. The van der Waals surface area contributed by atoms with E-state index in [1.165, 1.54) is 141 Å². The van der Waals surface area contributed by atoms with E-state index < -0.39 is 74.2 Å². The molecule has 0 aromatic rings. The molecular weight excluding hydrogens is 727 g/mol. The molecule has 0 aromatic heterocycles. The summed E-state index contributed by atoms with van der Waals surface area (Å²) in [6, 6.07) is -1.16. The Labute approximate surface area is 348 Å². The molecule has 1 aliphatic heterocycles. The van der Waals surface area contributed by atoms with E-state index in [0.29, 0.717) is 19.3 Å². The van der Waals surface area contributed by atoms with Crippen molar-refractivity contribution in [1.29, 1.82) is 0 Å². The van der Waals surface area contributed by atoms with Gasteiger partial charge in [-0.3, -0.25) is 4.79 Å². The highest BCUT2D eigenvalue weighted by Crippen LogP contribution is 2.23. The molecule has 0 spiro atoms. The van der Waals surface area contributed by atoms with Gasteiger partial charge in [0.15, 0.2) is 6.29 Å². The zero-order valence-electron chi connectivity index (χ0n) is 36.6. The Morgan fingerprint density at radius 2 is 0.912 bits per heavy atom. The Hall–Kier alpha value is -0.890. The summed E-state index contributed by atoms with van der Waals surface area (Å²) in [6.07, 6.45) is 26.1. The van der Waals surface area contributed by atoms with E-state index >= 15 is 0 Å². The van der Waals surface area contributed by atoms with Gasteiger partial charge >= 0.3 is 0 Å². The minimum atomic E-state index is -1.65. The van der Waals surface area contributed by atoms with Crippen LogP contribution in [0.1, 0.15) is 219 Å². The zero-order chi connectivity index (χ0) is 41.9. The van der Waals surface area contributed by atoms with Crippen molar-refractivity contribution in [3.63, 3.8) is 0 Å². The van der Waals surface area contributed by atoms with Gasteiger partial charge in [-0.05, 0) is 12.8 Å². The van der Waals surface area contributed by atoms with Crippen molar-refractivity contribution in [2.45, 2.75) is 274 Å². The van der Waals surface area contributed by atoms with Crippen LogP contribution < -0.4 is 5.32 Å². The van der Waals surface area contributed by atoms with Gasteiger partial charge in [-0.1, -0.05) is 206 Å². The van der Waals surface area contributed by atoms with Crippen LogP contribution in [-0.4, -0.2) is 110 Å². The SMILES string of the molecule is CCCCCCCCCCCCCCCCCCCCCCCCC(O)C(=O)NC(COC1OC(CO)C(O)C(O)C1O)C(O)C(O)CCCCCCCCCC. The minimum Gasteiger partial charge on any atom is -0.394 e. The molecule has 0 bridgehead atoms. The molecule has 1 amide bonds. The summed E-state index contributed by atoms with van der Waals surface area (Å²) in [4.78, 5) is 13.0. The first-order chi connectivity index (χ1) is 27.7. The summed E-state index contributed by atoms with van der Waals surface area (Å²) >= 11 is 0. The maximum Gasteiger partial charge on any atom is 0.249 e. The molecule has 1 saturated heterocycles. The van der Waals surface area contributed by atoms with Crippen LogP contribution in [0, 0.1) is 0 Å². The molecule has 1 rings (SSSR count). The molecule has 0 saturated carbocycles. The lowest BCUT2D eigenvalue weighted by molar-refractivity contribution is -0.303. The maximum absolute atomic E-state index is 13.0. The lowest BCUT2D eigenvalue weighted by atomic mass is 9.98. The molecule has 0 aliphatic carbocycles. The van der Waals surface area contributed by atoms with Crippen LogP contribution in [0.2, 0.25) is 0 Å². The normalized spacial score (nSPS) is 22.0. The molecule has 0 aromatic carbocycles. The topological polar surface area (TPSA) is 189 Å². The first-order valence-corrected chi connectivity index (χ1v) is 23.9. The number of hydrogen-bond acceptors (Lipinski definition) is 10. The van der Waals surface area contributed by atoms with Crippen molar-refractivity contribution in [2.24, 2.45) is 0 Å². The van der Waals surface area contributed by atoms with Gasteiger partial charge in [-0.2, -0.15) is 0 Å². The van der Waals surface area contributed by atoms with Gasteiger partial charge in [0.1, 0.15) is 36.6 Å². The summed E-state index contributed by atoms with van der Waals surface area (Å²) in [7, 11) is 0. The second kappa shape index (κ2) is 36.9. The highest BCUT2D eigenvalue weighted by Gasteiger charge is 2.44. The van der Waals surface area contributed by atoms with Crippen LogP contribution >= 0.6 is 0 Å². The molecule has 57 heavy (non-hydrogen) atoms. The lowest BCUT2D eigenvalue weighted by Crippen LogP contribution is -2.60. The van der Waals surface area contributed by atoms with Crippen LogP contribution in [0.15, 0.2) is 0 Å². The number of rotatable bonds is 40. The Morgan fingerprint density at radius 3 is 1.30 bits per heavy atom. The monoisotopic (exact) mass is 818 g/mol. The van der Waals surface area contributed by atoms with Gasteiger partial charge in [-0.25, -0.2) is 0 Å². The summed E-state index contributed by atoms with van der Waals surface area (Å²) < 4.78 is 11.1. The number of aliphatic hydroxyl groups excluding tert-OH is 7. The van der Waals surface area contributed by atoms with Crippen molar-refractivity contribution in [2.75, 3.05) is 13.2 Å². The van der Waals surface area contributed by atoms with Gasteiger partial charge in [0.2, 0.25) is 5.91 Å². The molecule has 9 atom stereocenters. The van der Waals surface area contributed by atoms with Crippen LogP contribution in [0.3, 0.4) is 0 Å². The first-order valence-electron chi connectivity index (χ1n) is 23.9. The second-order valence-corrected chi connectivity index (χ2v) is 17.2. The predicted octanol–water partition coefficient (Wildman–Crippen LogP) is 7.89. The van der Waals surface area contributed by atoms with Crippen molar-refractivity contribution in [3.8, 4) is 0 Å². The van der Waals surface area contributed by atoms with E-state index in [0.717, 1.165) is 38.5 Å². The highest BCUT2D eigenvalue weighted by atomic mass is 16.7. The molecule has 9 unspecified atom stereocenters. The molecule has 11 nitrogen and oxygen atoms in total. The average molecular weight is 818 g/mol. The number of carbonyl (C=O) groups is 1. The maximum atomic E-state index is 13.0. The number of ether oxygens (including phenoxy) is 2. The Kier molecular flexibility index (Phi) is 35.1. The highest BCUT2D eigenvalue weighted by molar-refractivity contribution is 5.80. The smallest absolute Gasteiger partial charge is 0.249 e. The third-order valence-corrected chi connectivity index (χ3v) is 11.9. The van der Waals surface area contributed by atoms with E-state index in [1.807, 2.05) is 0 Å². The molecule has 1 aliphatic rings. The van der Waals surface area contributed by atoms with E-state index in [1.54, 1.807) is 0 Å². The quantitative estimate of drug-likeness (QED) is 0.0283. The fraction of sp³-hybridized carbons (Fsp3) is 0.978. The second-order valence-electron chi connectivity index (χ2n) is 17.2. The number of carbonyl (C=O) groups excluding carboxylic acids is 1. The van der Waals surface area contributed by atoms with E-state index in [4.69, 9.17) is 9.47 Å². The number of aliphatic hydroxyl groups is 7. The Morgan fingerprint density at radius 1 is 0.544 bits per heavy atom. The van der Waals surface area contributed by atoms with E-state index in [9.17, 15) is 40.5 Å². The van der Waals surface area contributed by atoms with Crippen molar-refractivity contribution in [3.05, 3.63) is 0 Å². The van der Waals surface area contributed by atoms with Crippen LogP contribution in [0.5, 0.6) is 0 Å². The third-order valence-electron chi connectivity index (χ3n) is 11.9. The van der Waals surface area contributed by atoms with Crippen LogP contribution in [0.4, 0.5) is 0 Å². The molecular formula is C46H91NO10. The number of unbranched alkanes of at least 4 members (excludes halogenated alkanes) is 28. The fourth-order valence-corrected chi connectivity index (χ4v) is 7.91. The van der Waals surface area contributed by atoms with Gasteiger partial charge in [0, 0.05) is 0 Å². The average Bonchev–Trinajstić information content (AvgIpc) is 3.21. The molecule has 11 heteroatoms. The molecule has 1 fully saturated rings. The number of hydrogen-bond donors (Lipinski definition) is 8. The van der Waals surface area contributed by atoms with Gasteiger partial charge < -0.3 is 50.5 Å². The molecule has 0 radical (unpaired) electrons. The van der Waals surface area contributed by atoms with Crippen molar-refractivity contribution < 1.29 is 50.0 Å². The van der Waals surface area contributed by atoms with Crippen LogP contribution in [0.25, 0.3) is 0 Å². The zero-order valence-corrected chi connectivity index (χ0v) is 36.6. The van der Waals surface area contributed by atoms with Crippen LogP contribution in [-0.2, 0) is 14.3 Å². The summed E-state index contributed by atoms with van der Waals surface area (Å²) in [5.41, 5.74) is 0. The number of nitrogens with one attached hydrogen (secondary N) is 1. The van der Waals surface area contributed by atoms with E-state index in [-0.39, 0.29) is 6.42 Å². The van der Waals surface area contributed by atoms with Gasteiger partial charge in [0.05, 0.1) is 25.4 Å². The molecule has 1 heterocycles. The summed E-state index contributed by atoms with van der Waals surface area (Å²) in [5, 5.41) is 75.4. The van der Waals surface area contributed by atoms with Gasteiger partial charge in [0.25, 0.3) is 0 Å². The Bertz CT molecular complexity index is 897. The number of amides is 1. The summed E-state index contributed by atoms with van der Waals surface area (Å²) in [6.45, 7) is 3.41. The van der Waals surface area contributed by atoms with E-state index in [2.05, 4.69) is 19.2 Å². The largest absolute Gasteiger partial charge is 0.394 e. The first kappa shape index (κ1) is 54.1. The van der Waals surface area contributed by atoms with Crippen molar-refractivity contribution in [1.82, 2.24) is 5.32 Å². The standard InChI is InChI=1S/C46H91NO10/c1-3-5-7-9-11-13-14-15-16-17-18-19-20-21-22-23-24-25-26-28-30-32-34-39(50)45(55)47-37(36-56-46-44(54)43(53)42(52)40(35-48)57-46)41(51)38(49)33-31-29-27-12-10-8-6-4-2/h37-44,46,48-54H,3-36H2,1-2H3,(H,47,55). The minimum absolute atomic E-state index is 0.266.